The minimum atomic E-state index is -5.88. The van der Waals surface area contributed by atoms with Crippen LogP contribution < -0.4 is 0 Å². The van der Waals surface area contributed by atoms with E-state index in [1.165, 1.54) is 65.3 Å². The van der Waals surface area contributed by atoms with Gasteiger partial charge in [0.2, 0.25) is 5.95 Å². The van der Waals surface area contributed by atoms with Gasteiger partial charge < -0.3 is 9.13 Å². The molecular formula is C26H19F6N7O2S. The Balaban J connectivity index is 1.74. The van der Waals surface area contributed by atoms with Gasteiger partial charge in [0.25, 0.3) is 0 Å². The number of hydrogen-bond acceptors (Lipinski definition) is 6. The normalized spacial score (nSPS) is 12.7. The van der Waals surface area contributed by atoms with Gasteiger partial charge in [-0.1, -0.05) is 25.1 Å². The summed E-state index contributed by atoms with van der Waals surface area (Å²) in [5.41, 5.74) is -1.73. The highest BCUT2D eigenvalue weighted by molar-refractivity contribution is 7.91. The minimum absolute atomic E-state index is 0.0274. The Hall–Kier alpha value is -4.65. The van der Waals surface area contributed by atoms with E-state index in [1.54, 1.807) is 6.07 Å². The number of hydrogen-bond donors (Lipinski definition) is 0. The molecule has 218 valence electrons. The van der Waals surface area contributed by atoms with Crippen molar-refractivity contribution >= 4 is 21.0 Å². The number of nitrogens with zero attached hydrogens (tertiary/aromatic N) is 7. The van der Waals surface area contributed by atoms with E-state index in [1.807, 2.05) is 6.07 Å². The summed E-state index contributed by atoms with van der Waals surface area (Å²) in [6.07, 6.45) is -2.77. The Morgan fingerprint density at radius 2 is 1.69 bits per heavy atom. The Labute approximate surface area is 234 Å². The highest BCUT2D eigenvalue weighted by Crippen LogP contribution is 2.44. The topological polar surface area (TPSA) is 111 Å². The van der Waals surface area contributed by atoms with Gasteiger partial charge in [0, 0.05) is 43.8 Å². The number of imidazole rings is 2. The molecule has 0 unspecified atom stereocenters. The van der Waals surface area contributed by atoms with Crippen LogP contribution in [-0.4, -0.2) is 49.0 Å². The monoisotopic (exact) mass is 607 g/mol. The number of benzene rings is 1. The second-order valence-electron chi connectivity index (χ2n) is 9.25. The molecule has 42 heavy (non-hydrogen) atoms. The highest BCUT2D eigenvalue weighted by Gasteiger charge is 2.59. The summed E-state index contributed by atoms with van der Waals surface area (Å²) in [5, 5.41) is 9.36. The number of sulfone groups is 1. The van der Waals surface area contributed by atoms with Gasteiger partial charge in [0.15, 0.2) is 26.3 Å². The summed E-state index contributed by atoms with van der Waals surface area (Å²) in [4.78, 5) is 12.3. The summed E-state index contributed by atoms with van der Waals surface area (Å²) in [5.74, 6) is -6.38. The summed E-state index contributed by atoms with van der Waals surface area (Å²) in [6, 6.07) is 8.25. The first-order valence-electron chi connectivity index (χ1n) is 12.1. The van der Waals surface area contributed by atoms with Gasteiger partial charge in [-0.2, -0.15) is 27.2 Å². The lowest BCUT2D eigenvalue weighted by Gasteiger charge is -2.19. The third-order valence-electron chi connectivity index (χ3n) is 6.67. The third-order valence-corrected chi connectivity index (χ3v) is 8.49. The smallest absolute Gasteiger partial charge is 0.310 e. The molecule has 5 aromatic rings. The van der Waals surface area contributed by atoms with Gasteiger partial charge in [0.05, 0.1) is 16.9 Å². The molecule has 0 saturated heterocycles. The lowest BCUT2D eigenvalue weighted by atomic mass is 10.1. The number of pyridine rings is 1. The van der Waals surface area contributed by atoms with Gasteiger partial charge in [-0.05, 0) is 12.1 Å². The van der Waals surface area contributed by atoms with Gasteiger partial charge in [0.1, 0.15) is 23.1 Å². The van der Waals surface area contributed by atoms with Crippen molar-refractivity contribution in [3.63, 3.8) is 0 Å². The maximum atomic E-state index is 14.5. The van der Waals surface area contributed by atoms with Crippen LogP contribution >= 0.6 is 0 Å². The minimum Gasteiger partial charge on any atom is -0.310 e. The van der Waals surface area contributed by atoms with Crippen LogP contribution in [0.25, 0.3) is 39.8 Å². The zero-order chi connectivity index (χ0) is 30.8. The lowest BCUT2D eigenvalue weighted by molar-refractivity contribution is -0.289. The summed E-state index contributed by atoms with van der Waals surface area (Å²) < 4.78 is 112. The molecule has 0 spiro atoms. The first kappa shape index (κ1) is 28.9. The van der Waals surface area contributed by atoms with Gasteiger partial charge in [-0.3, -0.25) is 4.57 Å². The van der Waals surface area contributed by atoms with Crippen LogP contribution in [0.3, 0.4) is 0 Å². The fourth-order valence-electron chi connectivity index (χ4n) is 4.52. The van der Waals surface area contributed by atoms with Gasteiger partial charge in [-0.15, -0.1) is 0 Å². The molecular weight excluding hydrogens is 588 g/mol. The van der Waals surface area contributed by atoms with E-state index in [2.05, 4.69) is 15.0 Å². The molecule has 4 aromatic heterocycles. The standard InChI is InChI=1S/C26H19F6N7O2S/c1-4-42(40,41)23-20(22-35-19-9-15(11-34-21(19)37(22)2)25(28,29)26(30,31)32)36-24(38(23)3)39-12-14(10-33)17(13-39)16-7-5-6-8-18(16)27/h5-9,11-13H,4H2,1-3H3. The molecule has 4 heterocycles. The Bertz CT molecular complexity index is 2020. The molecule has 0 aliphatic rings. The highest BCUT2D eigenvalue weighted by atomic mass is 32.2. The van der Waals surface area contributed by atoms with Crippen molar-refractivity contribution in [2.75, 3.05) is 5.75 Å². The fraction of sp³-hybridized carbons (Fsp3) is 0.231. The van der Waals surface area contributed by atoms with E-state index in [-0.39, 0.29) is 56.1 Å². The quantitative estimate of drug-likeness (QED) is 0.243. The molecule has 0 amide bonds. The number of aryl methyl sites for hydroxylation is 1. The Morgan fingerprint density at radius 3 is 2.31 bits per heavy atom. The van der Waals surface area contributed by atoms with E-state index in [0.29, 0.717) is 12.3 Å². The van der Waals surface area contributed by atoms with Crippen molar-refractivity contribution in [1.29, 1.82) is 5.26 Å². The predicted octanol–water partition coefficient (Wildman–Crippen LogP) is 5.28. The molecule has 5 rings (SSSR count). The molecule has 0 aliphatic carbocycles. The Morgan fingerprint density at radius 1 is 1.00 bits per heavy atom. The van der Waals surface area contributed by atoms with E-state index < -0.39 is 33.3 Å². The third kappa shape index (κ3) is 4.40. The number of halogens is 6. The van der Waals surface area contributed by atoms with Gasteiger partial charge >= 0.3 is 12.1 Å². The van der Waals surface area contributed by atoms with E-state index >= 15 is 0 Å². The van der Waals surface area contributed by atoms with Crippen LogP contribution in [0.4, 0.5) is 26.3 Å². The Kier molecular flexibility index (Phi) is 6.68. The molecule has 0 saturated carbocycles. The lowest BCUT2D eigenvalue weighted by Crippen LogP contribution is -2.33. The fourth-order valence-corrected chi connectivity index (χ4v) is 5.72. The van der Waals surface area contributed by atoms with Crippen LogP contribution in [0.1, 0.15) is 18.1 Å². The maximum Gasteiger partial charge on any atom is 0.458 e. The molecule has 1 aromatic carbocycles. The molecule has 0 radical (unpaired) electrons. The zero-order valence-corrected chi connectivity index (χ0v) is 22.8. The molecule has 0 fully saturated rings. The summed E-state index contributed by atoms with van der Waals surface area (Å²) >= 11 is 0. The van der Waals surface area contributed by atoms with Crippen molar-refractivity contribution in [3.8, 4) is 34.7 Å². The first-order valence-corrected chi connectivity index (χ1v) is 13.7. The molecule has 0 atom stereocenters. The van der Waals surface area contributed by atoms with E-state index in [9.17, 15) is 40.0 Å². The van der Waals surface area contributed by atoms with Crippen molar-refractivity contribution in [2.45, 2.75) is 24.0 Å². The SMILES string of the molecule is CCS(=O)(=O)c1c(-c2nc3cc(C(F)(F)C(F)(F)F)cnc3n2C)nc(-n2cc(C#N)c(-c3ccccc3F)c2)n1C. The van der Waals surface area contributed by atoms with Crippen molar-refractivity contribution in [2.24, 2.45) is 14.1 Å². The number of rotatable bonds is 6. The molecule has 0 bridgehead atoms. The van der Waals surface area contributed by atoms with E-state index in [4.69, 9.17) is 0 Å². The van der Waals surface area contributed by atoms with Crippen LogP contribution in [-0.2, 0) is 29.9 Å². The maximum absolute atomic E-state index is 14.5. The summed E-state index contributed by atoms with van der Waals surface area (Å²) in [6.45, 7) is 1.38. The van der Waals surface area contributed by atoms with Crippen LogP contribution in [0.2, 0.25) is 0 Å². The largest absolute Gasteiger partial charge is 0.458 e. The number of nitriles is 1. The first-order chi connectivity index (χ1) is 19.6. The van der Waals surface area contributed by atoms with Crippen LogP contribution in [0, 0.1) is 17.1 Å². The number of fused-ring (bicyclic) bond motifs is 1. The van der Waals surface area contributed by atoms with Crippen molar-refractivity contribution in [1.82, 2.24) is 28.7 Å². The van der Waals surface area contributed by atoms with Crippen LogP contribution in [0.15, 0.2) is 53.9 Å². The second kappa shape index (κ2) is 9.72. The second-order valence-corrected chi connectivity index (χ2v) is 11.4. The molecule has 0 aliphatic heterocycles. The summed E-state index contributed by atoms with van der Waals surface area (Å²) in [7, 11) is -1.30. The average Bonchev–Trinajstić information content (AvgIpc) is 3.61. The van der Waals surface area contributed by atoms with Crippen molar-refractivity contribution in [3.05, 3.63) is 65.9 Å². The number of aromatic nitrogens is 6. The predicted molar refractivity (Wildman–Crippen MR) is 138 cm³/mol. The van der Waals surface area contributed by atoms with E-state index in [0.717, 1.165) is 0 Å². The average molecular weight is 608 g/mol. The van der Waals surface area contributed by atoms with Gasteiger partial charge in [-0.25, -0.2) is 27.8 Å². The molecule has 9 nitrogen and oxygen atoms in total. The zero-order valence-electron chi connectivity index (χ0n) is 21.9. The van der Waals surface area contributed by atoms with Crippen molar-refractivity contribution < 1.29 is 34.8 Å². The number of alkyl halides is 5. The molecule has 0 N–H and O–H groups in total. The molecule has 16 heteroatoms. The van der Waals surface area contributed by atoms with Crippen LogP contribution in [0.5, 0.6) is 0 Å².